The monoisotopic (exact) mass is 478 g/mol. The maximum Gasteiger partial charge on any atom is 0.293 e. The Bertz CT molecular complexity index is 1150. The van der Waals surface area contributed by atoms with Gasteiger partial charge >= 0.3 is 0 Å². The highest BCUT2D eigenvalue weighted by molar-refractivity contribution is 7.89. The summed E-state index contributed by atoms with van der Waals surface area (Å²) in [6, 6.07) is 8.87. The van der Waals surface area contributed by atoms with Gasteiger partial charge in [0.25, 0.3) is 5.69 Å². The summed E-state index contributed by atoms with van der Waals surface area (Å²) in [5.74, 6) is 1.20. The van der Waals surface area contributed by atoms with Crippen LogP contribution in [0, 0.1) is 10.1 Å². The van der Waals surface area contributed by atoms with E-state index in [1.807, 2.05) is 6.07 Å². The van der Waals surface area contributed by atoms with Crippen molar-refractivity contribution in [2.45, 2.75) is 36.7 Å². The van der Waals surface area contributed by atoms with Gasteiger partial charge in [0.15, 0.2) is 0 Å². The third kappa shape index (κ3) is 6.11. The van der Waals surface area contributed by atoms with E-state index in [1.54, 1.807) is 31.3 Å². The fourth-order valence-electron chi connectivity index (χ4n) is 3.43. The molecule has 1 aliphatic carbocycles. The van der Waals surface area contributed by atoms with Gasteiger partial charge in [-0.25, -0.2) is 13.6 Å². The number of benzene rings is 2. The molecule has 0 atom stereocenters. The summed E-state index contributed by atoms with van der Waals surface area (Å²) in [7, 11) is -0.949. The van der Waals surface area contributed by atoms with Crippen molar-refractivity contribution in [2.24, 2.45) is 5.14 Å². The third-order valence-corrected chi connectivity index (χ3v) is 6.20. The topological polar surface area (TPSA) is 154 Å². The smallest absolute Gasteiger partial charge is 0.293 e. The summed E-state index contributed by atoms with van der Waals surface area (Å²) in [6.45, 7) is 0.486. The number of methoxy groups -OCH3 is 2. The van der Waals surface area contributed by atoms with Crippen LogP contribution >= 0.6 is 0 Å². The number of hydrogen-bond acceptors (Lipinski definition) is 8. The van der Waals surface area contributed by atoms with Crippen LogP contribution in [0.1, 0.15) is 24.8 Å². The first-order chi connectivity index (χ1) is 15.6. The fourth-order valence-corrected chi connectivity index (χ4v) is 3.97. The van der Waals surface area contributed by atoms with Gasteiger partial charge in [0.1, 0.15) is 17.2 Å². The van der Waals surface area contributed by atoms with Crippen LogP contribution in [0.4, 0.5) is 11.4 Å². The summed E-state index contributed by atoms with van der Waals surface area (Å²) in [5.41, 5.74) is 0.487. The molecule has 0 unspecified atom stereocenters. The van der Waals surface area contributed by atoms with Gasteiger partial charge in [-0.3, -0.25) is 14.9 Å². The van der Waals surface area contributed by atoms with E-state index in [4.69, 9.17) is 14.6 Å². The number of hydrogen-bond donors (Lipinski definition) is 2. The lowest BCUT2D eigenvalue weighted by Crippen LogP contribution is -2.33. The maximum atomic E-state index is 13.0. The molecule has 178 valence electrons. The lowest BCUT2D eigenvalue weighted by Gasteiger charge is -2.24. The Labute approximate surface area is 191 Å². The second-order valence-corrected chi connectivity index (χ2v) is 9.15. The molecule has 11 nitrogen and oxygen atoms in total. The minimum atomic E-state index is -4.08. The summed E-state index contributed by atoms with van der Waals surface area (Å²) in [6.07, 6.45) is 1.91. The van der Waals surface area contributed by atoms with Crippen LogP contribution in [-0.4, -0.2) is 51.0 Å². The van der Waals surface area contributed by atoms with E-state index in [1.165, 1.54) is 12.1 Å². The second kappa shape index (κ2) is 10.0. The van der Waals surface area contributed by atoms with E-state index >= 15 is 0 Å². The van der Waals surface area contributed by atoms with Gasteiger partial charge in [0.2, 0.25) is 15.9 Å². The van der Waals surface area contributed by atoms with Crippen LogP contribution in [0.2, 0.25) is 0 Å². The predicted molar refractivity (Wildman–Crippen MR) is 121 cm³/mol. The lowest BCUT2D eigenvalue weighted by atomic mass is 10.1. The number of carbonyl (C=O) groups is 1. The molecule has 0 bridgehead atoms. The SMILES string of the molecule is COc1ccc(OC)c(CN(C(=O)CCNc2ccc(S(N)(=O)=O)cc2[N+](=O)[O-])C2CC2)c1. The minimum absolute atomic E-state index is 0.0941. The zero-order chi connectivity index (χ0) is 24.2. The molecule has 0 heterocycles. The number of nitro groups is 1. The minimum Gasteiger partial charge on any atom is -0.497 e. The molecule has 3 N–H and O–H groups in total. The van der Waals surface area contributed by atoms with Crippen LogP contribution in [0.25, 0.3) is 0 Å². The van der Waals surface area contributed by atoms with E-state index in [9.17, 15) is 23.3 Å². The maximum absolute atomic E-state index is 13.0. The number of nitrogens with two attached hydrogens (primary N) is 1. The van der Waals surface area contributed by atoms with Crippen molar-refractivity contribution in [3.8, 4) is 11.5 Å². The van der Waals surface area contributed by atoms with Crippen molar-refractivity contribution in [3.63, 3.8) is 0 Å². The molecule has 2 aromatic carbocycles. The molecule has 0 spiro atoms. The number of primary sulfonamides is 1. The van der Waals surface area contributed by atoms with Crippen LogP contribution in [0.15, 0.2) is 41.3 Å². The van der Waals surface area contributed by atoms with Gasteiger partial charge in [-0.1, -0.05) is 0 Å². The molecule has 0 aliphatic heterocycles. The van der Waals surface area contributed by atoms with Crippen molar-refractivity contribution in [3.05, 3.63) is 52.1 Å². The molecule has 2 aromatic rings. The Morgan fingerprint density at radius 1 is 1.21 bits per heavy atom. The molecule has 0 radical (unpaired) electrons. The summed E-state index contributed by atoms with van der Waals surface area (Å²) in [5, 5.41) is 19.3. The Hall–Kier alpha value is -3.38. The average molecular weight is 479 g/mol. The molecule has 33 heavy (non-hydrogen) atoms. The number of nitrogens with zero attached hydrogens (tertiary/aromatic N) is 2. The molecular weight excluding hydrogens is 452 g/mol. The number of ether oxygens (including phenoxy) is 2. The first kappa shape index (κ1) is 24.3. The van der Waals surface area contributed by atoms with E-state index < -0.39 is 20.6 Å². The zero-order valence-electron chi connectivity index (χ0n) is 18.3. The molecule has 0 saturated heterocycles. The lowest BCUT2D eigenvalue weighted by molar-refractivity contribution is -0.384. The number of rotatable bonds is 11. The van der Waals surface area contributed by atoms with Gasteiger partial charge in [-0.05, 0) is 43.2 Å². The van der Waals surface area contributed by atoms with Crippen molar-refractivity contribution in [1.29, 1.82) is 0 Å². The largest absolute Gasteiger partial charge is 0.497 e. The van der Waals surface area contributed by atoms with E-state index in [-0.39, 0.29) is 35.5 Å². The van der Waals surface area contributed by atoms with Crippen molar-refractivity contribution in [2.75, 3.05) is 26.1 Å². The van der Waals surface area contributed by atoms with Crippen molar-refractivity contribution < 1.29 is 27.6 Å². The number of anilines is 1. The Balaban J connectivity index is 1.69. The number of nitrogens with one attached hydrogen (secondary N) is 1. The molecular formula is C21H26N4O7S. The number of sulfonamides is 1. The Kier molecular flexibility index (Phi) is 7.39. The molecule has 1 aliphatic rings. The van der Waals surface area contributed by atoms with Gasteiger partial charge in [0, 0.05) is 37.2 Å². The van der Waals surface area contributed by atoms with Gasteiger partial charge in [0.05, 0.1) is 24.0 Å². The molecule has 12 heteroatoms. The van der Waals surface area contributed by atoms with Gasteiger partial charge in [-0.15, -0.1) is 0 Å². The highest BCUT2D eigenvalue weighted by atomic mass is 32.2. The van der Waals surface area contributed by atoms with Crippen molar-refractivity contribution in [1.82, 2.24) is 4.90 Å². The molecule has 1 amide bonds. The predicted octanol–water partition coefficient (Wildman–Crippen LogP) is 2.25. The summed E-state index contributed by atoms with van der Waals surface area (Å²) in [4.78, 5) is 25.0. The molecule has 1 fully saturated rings. The zero-order valence-corrected chi connectivity index (χ0v) is 19.1. The fraction of sp³-hybridized carbons (Fsp3) is 0.381. The summed E-state index contributed by atoms with van der Waals surface area (Å²) < 4.78 is 33.6. The highest BCUT2D eigenvalue weighted by Crippen LogP contribution is 2.33. The van der Waals surface area contributed by atoms with Crippen LogP contribution in [-0.2, 0) is 21.4 Å². The first-order valence-electron chi connectivity index (χ1n) is 10.2. The van der Waals surface area contributed by atoms with E-state index in [0.717, 1.165) is 24.5 Å². The molecule has 0 aromatic heterocycles. The van der Waals surface area contributed by atoms with Gasteiger partial charge in [-0.2, -0.15) is 0 Å². The molecule has 1 saturated carbocycles. The van der Waals surface area contributed by atoms with E-state index in [0.29, 0.717) is 18.0 Å². The Morgan fingerprint density at radius 2 is 1.94 bits per heavy atom. The number of nitro benzene ring substituents is 1. The van der Waals surface area contributed by atoms with Gasteiger partial charge < -0.3 is 19.7 Å². The third-order valence-electron chi connectivity index (χ3n) is 5.28. The van der Waals surface area contributed by atoms with Crippen LogP contribution in [0.5, 0.6) is 11.5 Å². The average Bonchev–Trinajstić information content (AvgIpc) is 3.61. The number of amides is 1. The second-order valence-electron chi connectivity index (χ2n) is 7.59. The van der Waals surface area contributed by atoms with Crippen LogP contribution in [0.3, 0.4) is 0 Å². The molecule has 3 rings (SSSR count). The standard InChI is InChI=1S/C21H26N4O7S/c1-31-16-5-8-20(32-2)14(11-16)13-24(15-3-4-15)21(26)9-10-23-18-7-6-17(33(22,29)30)12-19(18)25(27)28/h5-8,11-12,15,23H,3-4,9-10,13H2,1-2H3,(H2,22,29,30). The highest BCUT2D eigenvalue weighted by Gasteiger charge is 2.33. The quantitative estimate of drug-likeness (QED) is 0.368. The first-order valence-corrected chi connectivity index (χ1v) is 11.7. The summed E-state index contributed by atoms with van der Waals surface area (Å²) >= 11 is 0. The van der Waals surface area contributed by atoms with Crippen molar-refractivity contribution >= 4 is 27.3 Å². The van der Waals surface area contributed by atoms with E-state index in [2.05, 4.69) is 5.32 Å². The normalized spacial score (nSPS) is 13.3. The number of carbonyl (C=O) groups excluding carboxylic acids is 1. The van der Waals surface area contributed by atoms with Crippen LogP contribution < -0.4 is 19.9 Å². The Morgan fingerprint density at radius 3 is 2.52 bits per heavy atom.